The Bertz CT molecular complexity index is 483. The number of benzene rings is 1. The molecule has 0 amide bonds. The molecule has 4 nitrogen and oxygen atoms in total. The van der Waals surface area contributed by atoms with Gasteiger partial charge in [-0.05, 0) is 24.3 Å². The van der Waals surface area contributed by atoms with Gasteiger partial charge in [-0.2, -0.15) is 23.7 Å². The summed E-state index contributed by atoms with van der Waals surface area (Å²) in [5, 5.41) is 3.17. The molecule has 1 aromatic carbocycles. The van der Waals surface area contributed by atoms with Crippen molar-refractivity contribution in [1.29, 1.82) is 0 Å². The fraction of sp³-hybridized carbons (Fsp3) is 0. The van der Waals surface area contributed by atoms with Crippen molar-refractivity contribution < 1.29 is 8.78 Å². The summed E-state index contributed by atoms with van der Waals surface area (Å²) in [5.41, 5.74) is 0.564. The first-order valence-corrected chi connectivity index (χ1v) is 4.61. The molecule has 82 valence electrons. The molecule has 0 fully saturated rings. The van der Waals surface area contributed by atoms with Gasteiger partial charge in [-0.25, -0.2) is 0 Å². The van der Waals surface area contributed by atoms with E-state index in [1.165, 1.54) is 0 Å². The standard InChI is InChI=1S/C9H5ClF2N4/c10-5-1-3-6(4-2-5)13-9-15-7(11)14-8(12)16-9/h1-4H,(H,13,14,15,16). The van der Waals surface area contributed by atoms with Gasteiger partial charge in [0.05, 0.1) is 0 Å². The highest BCUT2D eigenvalue weighted by Crippen LogP contribution is 2.16. The van der Waals surface area contributed by atoms with E-state index in [2.05, 4.69) is 20.3 Å². The zero-order chi connectivity index (χ0) is 11.5. The van der Waals surface area contributed by atoms with Crippen molar-refractivity contribution >= 4 is 23.2 Å². The van der Waals surface area contributed by atoms with Crippen LogP contribution in [0, 0.1) is 12.2 Å². The first kappa shape index (κ1) is 10.7. The summed E-state index contributed by atoms with van der Waals surface area (Å²) in [6.07, 6.45) is -2.35. The van der Waals surface area contributed by atoms with Crippen molar-refractivity contribution in [1.82, 2.24) is 15.0 Å². The van der Waals surface area contributed by atoms with E-state index in [4.69, 9.17) is 11.6 Å². The van der Waals surface area contributed by atoms with Crippen LogP contribution in [-0.4, -0.2) is 15.0 Å². The minimum absolute atomic E-state index is 0.202. The van der Waals surface area contributed by atoms with Gasteiger partial charge in [-0.15, -0.1) is 0 Å². The normalized spacial score (nSPS) is 10.2. The molecule has 7 heteroatoms. The van der Waals surface area contributed by atoms with E-state index in [1.807, 2.05) is 0 Å². The summed E-state index contributed by atoms with van der Waals surface area (Å²) >= 11 is 5.68. The summed E-state index contributed by atoms with van der Waals surface area (Å²) in [4.78, 5) is 9.33. The molecule has 0 atom stereocenters. The Morgan fingerprint density at radius 3 is 2.06 bits per heavy atom. The molecule has 0 spiro atoms. The molecule has 0 unspecified atom stereocenters. The van der Waals surface area contributed by atoms with E-state index in [-0.39, 0.29) is 5.95 Å². The van der Waals surface area contributed by atoms with Gasteiger partial charge >= 0.3 is 12.2 Å². The van der Waals surface area contributed by atoms with Gasteiger partial charge in [0.1, 0.15) is 0 Å². The van der Waals surface area contributed by atoms with Gasteiger partial charge in [0.15, 0.2) is 0 Å². The van der Waals surface area contributed by atoms with E-state index in [0.29, 0.717) is 10.7 Å². The minimum Gasteiger partial charge on any atom is -0.324 e. The molecule has 0 aliphatic rings. The third-order valence-corrected chi connectivity index (χ3v) is 1.93. The summed E-state index contributed by atoms with van der Waals surface area (Å²) in [5.74, 6) is -0.202. The lowest BCUT2D eigenvalue weighted by atomic mass is 10.3. The van der Waals surface area contributed by atoms with Crippen LogP contribution in [0.25, 0.3) is 0 Å². The van der Waals surface area contributed by atoms with Crippen LogP contribution in [0.3, 0.4) is 0 Å². The number of aromatic nitrogens is 3. The highest BCUT2D eigenvalue weighted by molar-refractivity contribution is 6.30. The maximum Gasteiger partial charge on any atom is 0.315 e. The van der Waals surface area contributed by atoms with Crippen molar-refractivity contribution in [3.8, 4) is 0 Å². The molecule has 1 N–H and O–H groups in total. The molecule has 2 aromatic rings. The van der Waals surface area contributed by atoms with Crippen molar-refractivity contribution in [2.24, 2.45) is 0 Å². The molecule has 0 aliphatic heterocycles. The van der Waals surface area contributed by atoms with Crippen LogP contribution < -0.4 is 5.32 Å². The Morgan fingerprint density at radius 1 is 0.938 bits per heavy atom. The number of hydrogen-bond acceptors (Lipinski definition) is 4. The number of rotatable bonds is 2. The van der Waals surface area contributed by atoms with Gasteiger partial charge in [0, 0.05) is 10.7 Å². The molecule has 1 aromatic heterocycles. The highest BCUT2D eigenvalue weighted by atomic mass is 35.5. The van der Waals surface area contributed by atoms with Crippen LogP contribution in [0.2, 0.25) is 5.02 Å². The van der Waals surface area contributed by atoms with Gasteiger partial charge in [0.2, 0.25) is 5.95 Å². The topological polar surface area (TPSA) is 50.7 Å². The summed E-state index contributed by atoms with van der Waals surface area (Å²) in [7, 11) is 0. The largest absolute Gasteiger partial charge is 0.324 e. The number of halogens is 3. The second-order valence-electron chi connectivity index (χ2n) is 2.83. The zero-order valence-corrected chi connectivity index (χ0v) is 8.54. The lowest BCUT2D eigenvalue weighted by Gasteiger charge is -2.03. The summed E-state index contributed by atoms with van der Waals surface area (Å²) in [6.45, 7) is 0. The van der Waals surface area contributed by atoms with Crippen LogP contribution in [0.4, 0.5) is 20.4 Å². The van der Waals surface area contributed by atoms with Crippen LogP contribution in [0.1, 0.15) is 0 Å². The predicted molar refractivity (Wildman–Crippen MR) is 54.5 cm³/mol. The number of nitrogens with zero attached hydrogens (tertiary/aromatic N) is 3. The Balaban J connectivity index is 2.23. The van der Waals surface area contributed by atoms with Crippen molar-refractivity contribution in [2.45, 2.75) is 0 Å². The molecule has 2 rings (SSSR count). The van der Waals surface area contributed by atoms with Gasteiger partial charge < -0.3 is 5.32 Å². The highest BCUT2D eigenvalue weighted by Gasteiger charge is 2.05. The van der Waals surface area contributed by atoms with Crippen molar-refractivity contribution in [2.75, 3.05) is 5.32 Å². The first-order valence-electron chi connectivity index (χ1n) is 4.23. The third-order valence-electron chi connectivity index (χ3n) is 1.68. The minimum atomic E-state index is -1.18. The predicted octanol–water partition coefficient (Wildman–Crippen LogP) is 2.55. The maximum absolute atomic E-state index is 12.6. The molecule has 0 saturated carbocycles. The van der Waals surface area contributed by atoms with Crippen LogP contribution >= 0.6 is 11.6 Å². The second-order valence-corrected chi connectivity index (χ2v) is 3.27. The Kier molecular flexibility index (Phi) is 2.91. The molecule has 0 bridgehead atoms. The van der Waals surface area contributed by atoms with E-state index in [1.54, 1.807) is 24.3 Å². The van der Waals surface area contributed by atoms with E-state index in [9.17, 15) is 8.78 Å². The average molecular weight is 243 g/mol. The summed E-state index contributed by atoms with van der Waals surface area (Å²) < 4.78 is 25.3. The second kappa shape index (κ2) is 4.36. The summed E-state index contributed by atoms with van der Waals surface area (Å²) in [6, 6.07) is 6.50. The van der Waals surface area contributed by atoms with E-state index in [0.717, 1.165) is 0 Å². The quantitative estimate of drug-likeness (QED) is 0.879. The number of nitrogens with one attached hydrogen (secondary N) is 1. The SMILES string of the molecule is Fc1nc(F)nc(Nc2ccc(Cl)cc2)n1. The first-order chi connectivity index (χ1) is 7.63. The zero-order valence-electron chi connectivity index (χ0n) is 7.78. The van der Waals surface area contributed by atoms with Crippen molar-refractivity contribution in [3.05, 3.63) is 41.4 Å². The van der Waals surface area contributed by atoms with Crippen molar-refractivity contribution in [3.63, 3.8) is 0 Å². The Hall–Kier alpha value is -1.82. The average Bonchev–Trinajstić information content (AvgIpc) is 2.20. The molecule has 0 aliphatic carbocycles. The Labute approximate surface area is 94.3 Å². The Morgan fingerprint density at radius 2 is 1.50 bits per heavy atom. The van der Waals surface area contributed by atoms with Gasteiger partial charge in [0.25, 0.3) is 0 Å². The number of hydrogen-bond donors (Lipinski definition) is 1. The maximum atomic E-state index is 12.6. The monoisotopic (exact) mass is 242 g/mol. The van der Waals surface area contributed by atoms with Crippen LogP contribution in [-0.2, 0) is 0 Å². The van der Waals surface area contributed by atoms with Crippen LogP contribution in [0.5, 0.6) is 0 Å². The molecule has 0 radical (unpaired) electrons. The van der Waals surface area contributed by atoms with E-state index >= 15 is 0 Å². The molecule has 0 saturated heterocycles. The molecule has 16 heavy (non-hydrogen) atoms. The smallest absolute Gasteiger partial charge is 0.315 e. The molecular weight excluding hydrogens is 238 g/mol. The lowest BCUT2D eigenvalue weighted by molar-refractivity contribution is 0.458. The fourth-order valence-corrected chi connectivity index (χ4v) is 1.17. The fourth-order valence-electron chi connectivity index (χ4n) is 1.04. The van der Waals surface area contributed by atoms with Gasteiger partial charge in [-0.1, -0.05) is 11.6 Å². The van der Waals surface area contributed by atoms with Gasteiger partial charge in [-0.3, -0.25) is 0 Å². The third kappa shape index (κ3) is 2.60. The molecule has 1 heterocycles. The van der Waals surface area contributed by atoms with Crippen LogP contribution in [0.15, 0.2) is 24.3 Å². The van der Waals surface area contributed by atoms with E-state index < -0.39 is 12.2 Å². The number of anilines is 2. The lowest BCUT2D eigenvalue weighted by Crippen LogP contribution is -2.03. The molecular formula is C9H5ClF2N4.